The molecule has 0 bridgehead atoms. The maximum atomic E-state index is 9.77. The lowest BCUT2D eigenvalue weighted by atomic mass is 10.1. The van der Waals surface area contributed by atoms with Crippen molar-refractivity contribution in [3.8, 4) is 0 Å². The van der Waals surface area contributed by atoms with Gasteiger partial charge in [0.15, 0.2) is 6.23 Å². The SMILES string of the molecule is CCCCCCCCCC(O)N=C=O. The topological polar surface area (TPSA) is 49.7 Å². The molecule has 0 aliphatic rings. The van der Waals surface area contributed by atoms with Gasteiger partial charge in [0.25, 0.3) is 0 Å². The minimum absolute atomic E-state index is 0.586. The molecule has 0 aromatic heterocycles. The van der Waals surface area contributed by atoms with Crippen molar-refractivity contribution >= 4 is 6.08 Å². The van der Waals surface area contributed by atoms with Gasteiger partial charge in [0.05, 0.1) is 0 Å². The Morgan fingerprint density at radius 3 is 2.29 bits per heavy atom. The van der Waals surface area contributed by atoms with Crippen molar-refractivity contribution in [2.24, 2.45) is 4.99 Å². The molecule has 0 saturated carbocycles. The molecule has 3 heteroatoms. The first-order chi connectivity index (χ1) is 6.81. The van der Waals surface area contributed by atoms with E-state index in [0.717, 1.165) is 12.8 Å². The summed E-state index contributed by atoms with van der Waals surface area (Å²) in [6.07, 6.45) is 9.58. The smallest absolute Gasteiger partial charge is 0.237 e. The molecule has 0 amide bonds. The number of aliphatic hydroxyl groups excluding tert-OH is 1. The van der Waals surface area contributed by atoms with Crippen LogP contribution in [-0.2, 0) is 4.79 Å². The first-order valence-corrected chi connectivity index (χ1v) is 5.56. The van der Waals surface area contributed by atoms with Gasteiger partial charge >= 0.3 is 0 Å². The molecule has 0 aliphatic carbocycles. The molecule has 0 fully saturated rings. The van der Waals surface area contributed by atoms with Gasteiger partial charge in [0.2, 0.25) is 6.08 Å². The normalized spacial score (nSPS) is 12.1. The molecule has 0 aliphatic heterocycles. The van der Waals surface area contributed by atoms with Crippen LogP contribution in [0.1, 0.15) is 58.3 Å². The largest absolute Gasteiger partial charge is 0.371 e. The Morgan fingerprint density at radius 2 is 1.71 bits per heavy atom. The molecule has 0 heterocycles. The van der Waals surface area contributed by atoms with Gasteiger partial charge < -0.3 is 5.11 Å². The Morgan fingerprint density at radius 1 is 1.14 bits per heavy atom. The average molecular weight is 199 g/mol. The van der Waals surface area contributed by atoms with Crippen molar-refractivity contribution in [1.29, 1.82) is 0 Å². The summed E-state index contributed by atoms with van der Waals surface area (Å²) in [4.78, 5) is 13.0. The summed E-state index contributed by atoms with van der Waals surface area (Å²) in [5.41, 5.74) is 0. The summed E-state index contributed by atoms with van der Waals surface area (Å²) >= 11 is 0. The van der Waals surface area contributed by atoms with Crippen LogP contribution >= 0.6 is 0 Å². The van der Waals surface area contributed by atoms with E-state index in [-0.39, 0.29) is 0 Å². The van der Waals surface area contributed by atoms with Crippen molar-refractivity contribution in [2.45, 2.75) is 64.5 Å². The third-order valence-corrected chi connectivity index (χ3v) is 2.27. The van der Waals surface area contributed by atoms with E-state index in [2.05, 4.69) is 11.9 Å². The Balaban J connectivity index is 3.09. The van der Waals surface area contributed by atoms with E-state index in [4.69, 9.17) is 5.11 Å². The number of nitrogens with zero attached hydrogens (tertiary/aromatic N) is 1. The molecule has 1 atom stereocenters. The Hall–Kier alpha value is -0.660. The zero-order valence-corrected chi connectivity index (χ0v) is 9.04. The van der Waals surface area contributed by atoms with Crippen LogP contribution in [0.15, 0.2) is 4.99 Å². The standard InChI is InChI=1S/C11H21NO2/c1-2-3-4-5-6-7-8-9-11(14)12-10-13/h11,14H,2-9H2,1H3. The highest BCUT2D eigenvalue weighted by atomic mass is 16.3. The van der Waals surface area contributed by atoms with Gasteiger partial charge in [0.1, 0.15) is 0 Å². The van der Waals surface area contributed by atoms with Crippen LogP contribution in [0.25, 0.3) is 0 Å². The molecule has 82 valence electrons. The fraction of sp³-hybridized carbons (Fsp3) is 0.909. The predicted molar refractivity (Wildman–Crippen MR) is 56.7 cm³/mol. The molecule has 1 unspecified atom stereocenters. The van der Waals surface area contributed by atoms with Crippen molar-refractivity contribution in [3.63, 3.8) is 0 Å². The summed E-state index contributed by atoms with van der Waals surface area (Å²) < 4.78 is 0. The molecular weight excluding hydrogens is 178 g/mol. The Kier molecular flexibility index (Phi) is 9.93. The first-order valence-electron chi connectivity index (χ1n) is 5.56. The predicted octanol–water partition coefficient (Wildman–Crippen LogP) is 2.78. The lowest BCUT2D eigenvalue weighted by molar-refractivity contribution is 0.170. The monoisotopic (exact) mass is 199 g/mol. The first kappa shape index (κ1) is 13.3. The van der Waals surface area contributed by atoms with Crippen LogP contribution in [0, 0.1) is 0 Å². The highest BCUT2D eigenvalue weighted by molar-refractivity contribution is 5.33. The van der Waals surface area contributed by atoms with Crippen molar-refractivity contribution in [2.75, 3.05) is 0 Å². The number of isocyanates is 1. The van der Waals surface area contributed by atoms with E-state index in [9.17, 15) is 4.79 Å². The van der Waals surface area contributed by atoms with Crippen LogP contribution in [0.4, 0.5) is 0 Å². The number of aliphatic imine (C=N–C) groups is 1. The van der Waals surface area contributed by atoms with E-state index in [1.165, 1.54) is 38.2 Å². The minimum atomic E-state index is -0.830. The third kappa shape index (κ3) is 9.43. The highest BCUT2D eigenvalue weighted by Crippen LogP contribution is 2.09. The molecule has 3 nitrogen and oxygen atoms in total. The van der Waals surface area contributed by atoms with Crippen molar-refractivity contribution < 1.29 is 9.90 Å². The number of hydrogen-bond donors (Lipinski definition) is 1. The molecule has 0 saturated heterocycles. The molecule has 0 rings (SSSR count). The lowest BCUT2D eigenvalue weighted by Crippen LogP contribution is -2.01. The van der Waals surface area contributed by atoms with Gasteiger partial charge in [-0.05, 0) is 12.8 Å². The molecule has 0 aromatic carbocycles. The molecule has 0 radical (unpaired) electrons. The number of hydrogen-bond acceptors (Lipinski definition) is 3. The van der Waals surface area contributed by atoms with Crippen molar-refractivity contribution in [3.05, 3.63) is 0 Å². The van der Waals surface area contributed by atoms with Crippen LogP contribution in [0.2, 0.25) is 0 Å². The zero-order valence-electron chi connectivity index (χ0n) is 9.04. The van der Waals surface area contributed by atoms with Gasteiger partial charge in [-0.25, -0.2) is 4.79 Å². The number of rotatable bonds is 9. The van der Waals surface area contributed by atoms with Gasteiger partial charge in [-0.2, -0.15) is 4.99 Å². The number of unbranched alkanes of at least 4 members (excludes halogenated alkanes) is 6. The van der Waals surface area contributed by atoms with Gasteiger partial charge in [-0.15, -0.1) is 0 Å². The Labute approximate surface area is 86.2 Å². The van der Waals surface area contributed by atoms with E-state index >= 15 is 0 Å². The van der Waals surface area contributed by atoms with E-state index in [1.54, 1.807) is 0 Å². The van der Waals surface area contributed by atoms with E-state index in [1.807, 2.05) is 0 Å². The molecular formula is C11H21NO2. The summed E-state index contributed by atoms with van der Waals surface area (Å²) in [5, 5.41) is 9.06. The van der Waals surface area contributed by atoms with Crippen LogP contribution in [-0.4, -0.2) is 17.4 Å². The average Bonchev–Trinajstić information content (AvgIpc) is 2.17. The maximum absolute atomic E-state index is 9.77. The second-order valence-corrected chi connectivity index (χ2v) is 3.61. The molecule has 1 N–H and O–H groups in total. The van der Waals surface area contributed by atoms with Gasteiger partial charge in [0, 0.05) is 0 Å². The highest BCUT2D eigenvalue weighted by Gasteiger charge is 1.99. The molecule has 0 aromatic rings. The maximum Gasteiger partial charge on any atom is 0.237 e. The van der Waals surface area contributed by atoms with E-state index in [0.29, 0.717) is 6.42 Å². The van der Waals surface area contributed by atoms with Crippen LogP contribution in [0.3, 0.4) is 0 Å². The summed E-state index contributed by atoms with van der Waals surface area (Å²) in [7, 11) is 0. The summed E-state index contributed by atoms with van der Waals surface area (Å²) in [6, 6.07) is 0. The second-order valence-electron chi connectivity index (χ2n) is 3.61. The van der Waals surface area contributed by atoms with Crippen molar-refractivity contribution in [1.82, 2.24) is 0 Å². The minimum Gasteiger partial charge on any atom is -0.371 e. The Bertz CT molecular complexity index is 165. The van der Waals surface area contributed by atoms with Gasteiger partial charge in [-0.3, -0.25) is 0 Å². The van der Waals surface area contributed by atoms with Gasteiger partial charge in [-0.1, -0.05) is 45.4 Å². The quantitative estimate of drug-likeness (QED) is 0.352. The summed E-state index contributed by atoms with van der Waals surface area (Å²) in [5.74, 6) is 0. The third-order valence-electron chi connectivity index (χ3n) is 2.27. The molecule has 14 heavy (non-hydrogen) atoms. The lowest BCUT2D eigenvalue weighted by Gasteiger charge is -2.02. The number of carbonyl (C=O) groups excluding carboxylic acids is 1. The zero-order chi connectivity index (χ0) is 10.6. The number of aliphatic hydroxyl groups is 1. The molecule has 0 spiro atoms. The van der Waals surface area contributed by atoms with Crippen LogP contribution < -0.4 is 0 Å². The fourth-order valence-electron chi connectivity index (χ4n) is 1.41. The second kappa shape index (κ2) is 10.4. The fourth-order valence-corrected chi connectivity index (χ4v) is 1.41. The van der Waals surface area contributed by atoms with E-state index < -0.39 is 6.23 Å². The van der Waals surface area contributed by atoms with Crippen LogP contribution in [0.5, 0.6) is 0 Å². The summed E-state index contributed by atoms with van der Waals surface area (Å²) in [6.45, 7) is 2.20.